The first-order valence-electron chi connectivity index (χ1n) is 8.56. The van der Waals surface area contributed by atoms with E-state index in [0.29, 0.717) is 16.8 Å². The zero-order chi connectivity index (χ0) is 17.6. The summed E-state index contributed by atoms with van der Waals surface area (Å²) in [7, 11) is 0. The summed E-state index contributed by atoms with van der Waals surface area (Å²) in [4.78, 5) is 19.7. The molecule has 0 saturated heterocycles. The summed E-state index contributed by atoms with van der Waals surface area (Å²) in [5.41, 5.74) is 3.52. The van der Waals surface area contributed by atoms with Crippen molar-refractivity contribution >= 4 is 23.2 Å². The number of benzene rings is 1. The first kappa shape index (κ1) is 16.2. The molecule has 1 atom stereocenters. The number of halogens is 1. The van der Waals surface area contributed by atoms with E-state index in [0.717, 1.165) is 29.6 Å². The Labute approximate surface area is 152 Å². The van der Waals surface area contributed by atoms with Crippen molar-refractivity contribution in [3.05, 3.63) is 70.6 Å². The fraction of sp³-hybridized carbons (Fsp3) is 0.300. The summed E-state index contributed by atoms with van der Waals surface area (Å²) in [5, 5.41) is 0.705. The van der Waals surface area contributed by atoms with Gasteiger partial charge >= 0.3 is 0 Å². The number of nitrogens with zero attached hydrogens (tertiary/aromatic N) is 3. The number of amides is 1. The Morgan fingerprint density at radius 1 is 1.28 bits per heavy atom. The van der Waals surface area contributed by atoms with Crippen molar-refractivity contribution in [3.8, 4) is 0 Å². The molecule has 2 aromatic heterocycles. The van der Waals surface area contributed by atoms with Gasteiger partial charge in [0, 0.05) is 23.5 Å². The van der Waals surface area contributed by atoms with Crippen LogP contribution in [-0.4, -0.2) is 26.2 Å². The van der Waals surface area contributed by atoms with Gasteiger partial charge < -0.3 is 9.30 Å². The van der Waals surface area contributed by atoms with Crippen LogP contribution in [0.1, 0.15) is 47.4 Å². The lowest BCUT2D eigenvalue weighted by atomic mass is 10.1. The second-order valence-electron chi connectivity index (χ2n) is 6.77. The number of pyridine rings is 1. The molecule has 1 aromatic carbocycles. The van der Waals surface area contributed by atoms with Gasteiger partial charge in [-0.2, -0.15) is 0 Å². The Kier molecular flexibility index (Phi) is 4.00. The van der Waals surface area contributed by atoms with E-state index in [1.807, 2.05) is 65.0 Å². The summed E-state index contributed by atoms with van der Waals surface area (Å²) in [6.45, 7) is 4.09. The third-order valence-corrected chi connectivity index (χ3v) is 5.03. The van der Waals surface area contributed by atoms with Crippen LogP contribution in [0.4, 0.5) is 0 Å². The third kappa shape index (κ3) is 3.14. The van der Waals surface area contributed by atoms with Gasteiger partial charge in [0.2, 0.25) is 0 Å². The largest absolute Gasteiger partial charge is 0.328 e. The molecule has 1 aliphatic carbocycles. The molecule has 1 unspecified atom stereocenters. The van der Waals surface area contributed by atoms with Crippen LogP contribution in [-0.2, 0) is 0 Å². The Morgan fingerprint density at radius 3 is 2.68 bits per heavy atom. The molecule has 0 spiro atoms. The van der Waals surface area contributed by atoms with Crippen LogP contribution >= 0.6 is 11.6 Å². The standard InChI is InChI=1S/C20H20ClN3O/c1-13-9-10-23-12-18(22-19(23)11-13)20(25)24(17-7-8-17)14(2)15-3-5-16(21)6-4-15/h3-6,9-12,14,17H,7-8H2,1-2H3. The second-order valence-corrected chi connectivity index (χ2v) is 7.20. The van der Waals surface area contributed by atoms with Crippen molar-refractivity contribution in [2.45, 2.75) is 38.8 Å². The summed E-state index contributed by atoms with van der Waals surface area (Å²) in [5.74, 6) is -0.00805. The highest BCUT2D eigenvalue weighted by atomic mass is 35.5. The van der Waals surface area contributed by atoms with Gasteiger partial charge in [0.1, 0.15) is 11.3 Å². The first-order chi connectivity index (χ1) is 12.0. The molecule has 1 saturated carbocycles. The van der Waals surface area contributed by atoms with Crippen molar-refractivity contribution < 1.29 is 4.79 Å². The van der Waals surface area contributed by atoms with Crippen molar-refractivity contribution in [3.63, 3.8) is 0 Å². The van der Waals surface area contributed by atoms with E-state index in [1.165, 1.54) is 0 Å². The van der Waals surface area contributed by atoms with Crippen LogP contribution in [0.5, 0.6) is 0 Å². The van der Waals surface area contributed by atoms with Crippen LogP contribution in [0, 0.1) is 6.92 Å². The molecule has 128 valence electrons. The fourth-order valence-electron chi connectivity index (χ4n) is 3.23. The van der Waals surface area contributed by atoms with Gasteiger partial charge in [-0.1, -0.05) is 23.7 Å². The molecule has 0 radical (unpaired) electrons. The van der Waals surface area contributed by atoms with Crippen molar-refractivity contribution in [1.29, 1.82) is 0 Å². The van der Waals surface area contributed by atoms with Crippen LogP contribution in [0.2, 0.25) is 5.02 Å². The highest BCUT2D eigenvalue weighted by Crippen LogP contribution is 2.35. The maximum atomic E-state index is 13.2. The summed E-state index contributed by atoms with van der Waals surface area (Å²) in [6.07, 6.45) is 5.87. The number of hydrogen-bond donors (Lipinski definition) is 0. The average molecular weight is 354 g/mol. The van der Waals surface area contributed by atoms with E-state index in [4.69, 9.17) is 11.6 Å². The van der Waals surface area contributed by atoms with E-state index >= 15 is 0 Å². The molecule has 25 heavy (non-hydrogen) atoms. The molecule has 0 bridgehead atoms. The average Bonchev–Trinajstić information content (AvgIpc) is 3.33. The second kappa shape index (κ2) is 6.19. The lowest BCUT2D eigenvalue weighted by Gasteiger charge is -2.29. The highest BCUT2D eigenvalue weighted by molar-refractivity contribution is 6.30. The lowest BCUT2D eigenvalue weighted by Crippen LogP contribution is -2.35. The van der Waals surface area contributed by atoms with Crippen molar-refractivity contribution in [2.24, 2.45) is 0 Å². The monoisotopic (exact) mass is 353 g/mol. The number of carbonyl (C=O) groups excluding carboxylic acids is 1. The van der Waals surface area contributed by atoms with Gasteiger partial charge in [-0.15, -0.1) is 0 Å². The summed E-state index contributed by atoms with van der Waals surface area (Å²) in [6, 6.07) is 12.0. The normalized spacial score (nSPS) is 15.3. The number of imidazole rings is 1. The predicted molar refractivity (Wildman–Crippen MR) is 99.0 cm³/mol. The van der Waals surface area contributed by atoms with E-state index in [9.17, 15) is 4.79 Å². The Balaban J connectivity index is 1.67. The van der Waals surface area contributed by atoms with E-state index in [2.05, 4.69) is 11.9 Å². The number of hydrogen-bond acceptors (Lipinski definition) is 2. The van der Waals surface area contributed by atoms with Gasteiger partial charge in [-0.3, -0.25) is 4.79 Å². The van der Waals surface area contributed by atoms with Gasteiger partial charge in [-0.05, 0) is 62.1 Å². The molecule has 0 aliphatic heterocycles. The molecular formula is C20H20ClN3O. The zero-order valence-corrected chi connectivity index (χ0v) is 15.1. The highest BCUT2D eigenvalue weighted by Gasteiger charge is 2.37. The SMILES string of the molecule is Cc1ccn2cc(C(=O)N(C3CC3)C(C)c3ccc(Cl)cc3)nc2c1. The lowest BCUT2D eigenvalue weighted by molar-refractivity contribution is 0.0668. The van der Waals surface area contributed by atoms with E-state index in [1.54, 1.807) is 0 Å². The molecule has 1 aliphatic rings. The first-order valence-corrected chi connectivity index (χ1v) is 8.94. The molecular weight excluding hydrogens is 334 g/mol. The topological polar surface area (TPSA) is 37.6 Å². The fourth-order valence-corrected chi connectivity index (χ4v) is 3.36. The van der Waals surface area contributed by atoms with E-state index < -0.39 is 0 Å². The maximum Gasteiger partial charge on any atom is 0.274 e. The minimum atomic E-state index is -0.0104. The molecule has 2 heterocycles. The Bertz CT molecular complexity index is 928. The van der Waals surface area contributed by atoms with Crippen LogP contribution < -0.4 is 0 Å². The number of carbonyl (C=O) groups is 1. The van der Waals surface area contributed by atoms with Crippen LogP contribution in [0.3, 0.4) is 0 Å². The van der Waals surface area contributed by atoms with E-state index in [-0.39, 0.29) is 11.9 Å². The van der Waals surface area contributed by atoms with Crippen LogP contribution in [0.25, 0.3) is 5.65 Å². The smallest absolute Gasteiger partial charge is 0.274 e. The third-order valence-electron chi connectivity index (χ3n) is 4.78. The number of aromatic nitrogens is 2. The predicted octanol–water partition coefficient (Wildman–Crippen LogP) is 4.66. The number of fused-ring (bicyclic) bond motifs is 1. The Morgan fingerprint density at radius 2 is 2.00 bits per heavy atom. The molecule has 4 rings (SSSR count). The molecule has 4 nitrogen and oxygen atoms in total. The van der Waals surface area contributed by atoms with Gasteiger partial charge in [0.15, 0.2) is 0 Å². The number of rotatable bonds is 4. The molecule has 1 fully saturated rings. The summed E-state index contributed by atoms with van der Waals surface area (Å²) >= 11 is 5.99. The molecule has 5 heteroatoms. The minimum Gasteiger partial charge on any atom is -0.328 e. The van der Waals surface area contributed by atoms with Crippen molar-refractivity contribution in [1.82, 2.24) is 14.3 Å². The molecule has 1 amide bonds. The zero-order valence-electron chi connectivity index (χ0n) is 14.3. The van der Waals surface area contributed by atoms with Crippen LogP contribution in [0.15, 0.2) is 48.8 Å². The molecule has 0 N–H and O–H groups in total. The quantitative estimate of drug-likeness (QED) is 0.684. The summed E-state index contributed by atoms with van der Waals surface area (Å²) < 4.78 is 1.90. The molecule has 3 aromatic rings. The van der Waals surface area contributed by atoms with Crippen molar-refractivity contribution in [2.75, 3.05) is 0 Å². The Hall–Kier alpha value is -2.33. The van der Waals surface area contributed by atoms with Gasteiger partial charge in [0.05, 0.1) is 6.04 Å². The maximum absolute atomic E-state index is 13.2. The van der Waals surface area contributed by atoms with Gasteiger partial charge in [0.25, 0.3) is 5.91 Å². The minimum absolute atomic E-state index is 0.00805. The van der Waals surface area contributed by atoms with Gasteiger partial charge in [-0.25, -0.2) is 4.98 Å². The number of aryl methyl sites for hydroxylation is 1.